The molecule has 0 aliphatic heterocycles. The van der Waals surface area contributed by atoms with E-state index < -0.39 is 25.4 Å². The van der Waals surface area contributed by atoms with Gasteiger partial charge in [-0.3, -0.25) is 9.20 Å². The van der Waals surface area contributed by atoms with Crippen LogP contribution in [0.15, 0.2) is 27.6 Å². The Morgan fingerprint density at radius 1 is 1.36 bits per heavy atom. The lowest BCUT2D eigenvalue weighted by Crippen LogP contribution is -2.42. The highest BCUT2D eigenvalue weighted by Crippen LogP contribution is 2.19. The lowest BCUT2D eigenvalue weighted by molar-refractivity contribution is 0.0524. The van der Waals surface area contributed by atoms with Crippen LogP contribution in [0.5, 0.6) is 0 Å². The fraction of sp³-hybridized carbons (Fsp3) is 0.333. The van der Waals surface area contributed by atoms with Gasteiger partial charge in [0.05, 0.1) is 20.2 Å². The van der Waals surface area contributed by atoms with E-state index in [1.54, 1.807) is 6.92 Å². The number of fused-ring (bicyclic) bond motifs is 1. The van der Waals surface area contributed by atoms with Gasteiger partial charge in [0.15, 0.2) is 0 Å². The average Bonchev–Trinajstić information content (AvgIpc) is 2.38. The van der Waals surface area contributed by atoms with Gasteiger partial charge in [0.2, 0.25) is 0 Å². The van der Waals surface area contributed by atoms with Gasteiger partial charge in [0.1, 0.15) is 11.4 Å². The Morgan fingerprint density at radius 2 is 2.00 bits per heavy atom. The van der Waals surface area contributed by atoms with Crippen molar-refractivity contribution >= 4 is 40.7 Å². The van der Waals surface area contributed by atoms with Crippen LogP contribution in [0.3, 0.4) is 0 Å². The van der Waals surface area contributed by atoms with Crippen LogP contribution < -0.4 is 10.7 Å². The SMILES string of the molecule is CCOC(=O)c1ccc2c(F)c([Si](C)(C)C)c(Br)cn2c1=O. The fourth-order valence-electron chi connectivity index (χ4n) is 2.32. The van der Waals surface area contributed by atoms with Crippen molar-refractivity contribution in [3.05, 3.63) is 44.5 Å². The third-order valence-corrected chi connectivity index (χ3v) is 6.24. The topological polar surface area (TPSA) is 47.8 Å². The molecule has 4 nitrogen and oxygen atoms in total. The summed E-state index contributed by atoms with van der Waals surface area (Å²) in [6.07, 6.45) is 1.52. The number of aromatic nitrogens is 1. The van der Waals surface area contributed by atoms with Crippen molar-refractivity contribution in [3.63, 3.8) is 0 Å². The maximum absolute atomic E-state index is 14.8. The molecule has 0 aliphatic carbocycles. The molecule has 0 spiro atoms. The third kappa shape index (κ3) is 2.87. The van der Waals surface area contributed by atoms with Crippen LogP contribution in [0.1, 0.15) is 17.3 Å². The van der Waals surface area contributed by atoms with Crippen molar-refractivity contribution < 1.29 is 13.9 Å². The largest absolute Gasteiger partial charge is 0.462 e. The van der Waals surface area contributed by atoms with Gasteiger partial charge in [-0.1, -0.05) is 19.6 Å². The summed E-state index contributed by atoms with van der Waals surface area (Å²) in [5.41, 5.74) is -0.525. The number of ether oxygens (including phenoxy) is 1. The predicted molar refractivity (Wildman–Crippen MR) is 90.3 cm³/mol. The molecule has 2 aromatic rings. The maximum Gasteiger partial charge on any atom is 0.343 e. The molecule has 0 atom stereocenters. The predicted octanol–water partition coefficient (Wildman–Crippen LogP) is 2.92. The molecule has 0 N–H and O–H groups in total. The van der Waals surface area contributed by atoms with E-state index in [4.69, 9.17) is 4.74 Å². The zero-order valence-electron chi connectivity index (χ0n) is 12.9. The van der Waals surface area contributed by atoms with E-state index in [0.29, 0.717) is 9.66 Å². The molecule has 2 aromatic heterocycles. The summed E-state index contributed by atoms with van der Waals surface area (Å²) in [4.78, 5) is 24.2. The molecule has 0 saturated carbocycles. The van der Waals surface area contributed by atoms with Crippen LogP contribution in [-0.2, 0) is 4.74 Å². The Hall–Kier alpha value is -1.47. The molecule has 0 radical (unpaired) electrons. The maximum atomic E-state index is 14.8. The van der Waals surface area contributed by atoms with Gasteiger partial charge < -0.3 is 4.74 Å². The number of carbonyl (C=O) groups is 1. The van der Waals surface area contributed by atoms with E-state index in [0.717, 1.165) is 4.40 Å². The fourth-order valence-corrected chi connectivity index (χ4v) is 6.05. The average molecular weight is 386 g/mol. The molecule has 7 heteroatoms. The summed E-state index contributed by atoms with van der Waals surface area (Å²) < 4.78 is 21.4. The van der Waals surface area contributed by atoms with Gasteiger partial charge in [-0.2, -0.15) is 0 Å². The van der Waals surface area contributed by atoms with Crippen LogP contribution in [0.2, 0.25) is 19.6 Å². The Kier molecular flexibility index (Phi) is 4.58. The molecule has 0 amide bonds. The number of pyridine rings is 2. The van der Waals surface area contributed by atoms with Gasteiger partial charge in [0, 0.05) is 10.7 Å². The number of nitrogens with zero attached hydrogens (tertiary/aromatic N) is 1. The van der Waals surface area contributed by atoms with Crippen molar-refractivity contribution in [3.8, 4) is 0 Å². The van der Waals surface area contributed by atoms with E-state index in [9.17, 15) is 14.0 Å². The number of hydrogen-bond donors (Lipinski definition) is 0. The molecular weight excluding hydrogens is 369 g/mol. The minimum Gasteiger partial charge on any atom is -0.462 e. The van der Waals surface area contributed by atoms with E-state index >= 15 is 0 Å². The summed E-state index contributed by atoms with van der Waals surface area (Å²) in [7, 11) is -1.93. The number of halogens is 2. The molecule has 0 aliphatic rings. The van der Waals surface area contributed by atoms with Crippen LogP contribution in [0.25, 0.3) is 5.52 Å². The van der Waals surface area contributed by atoms with Crippen molar-refractivity contribution in [2.24, 2.45) is 0 Å². The molecule has 2 heterocycles. The number of carbonyl (C=O) groups excluding carboxylic acids is 1. The number of esters is 1. The van der Waals surface area contributed by atoms with Gasteiger partial charge in [-0.15, -0.1) is 0 Å². The Labute approximate surface area is 137 Å². The Morgan fingerprint density at radius 3 is 2.55 bits per heavy atom. The molecular formula is C15H17BrFNO3Si. The van der Waals surface area contributed by atoms with Crippen molar-refractivity contribution in [2.45, 2.75) is 26.6 Å². The summed E-state index contributed by atoms with van der Waals surface area (Å²) >= 11 is 3.35. The highest BCUT2D eigenvalue weighted by atomic mass is 79.9. The van der Waals surface area contributed by atoms with Crippen molar-refractivity contribution in [1.82, 2.24) is 4.40 Å². The third-order valence-electron chi connectivity index (χ3n) is 3.29. The monoisotopic (exact) mass is 385 g/mol. The summed E-state index contributed by atoms with van der Waals surface area (Å²) in [5, 5.41) is 0.621. The summed E-state index contributed by atoms with van der Waals surface area (Å²) in [6, 6.07) is 2.76. The summed E-state index contributed by atoms with van der Waals surface area (Å²) in [6.45, 7) is 7.91. The molecule has 0 fully saturated rings. The highest BCUT2D eigenvalue weighted by molar-refractivity contribution is 9.10. The first-order valence-corrected chi connectivity index (χ1v) is 11.2. The zero-order chi connectivity index (χ0) is 16.7. The standard InChI is InChI=1S/C15H17BrFNO3Si/c1-5-21-15(20)9-6-7-11-12(17)13(22(2,3)4)10(16)8-18(11)14(9)19/h6-8H,5H2,1-4H3. The smallest absolute Gasteiger partial charge is 0.343 e. The Bertz CT molecular complexity index is 811. The quantitative estimate of drug-likeness (QED) is 0.602. The lowest BCUT2D eigenvalue weighted by atomic mass is 10.2. The van der Waals surface area contributed by atoms with Gasteiger partial charge in [-0.25, -0.2) is 9.18 Å². The number of hydrogen-bond acceptors (Lipinski definition) is 3. The highest BCUT2D eigenvalue weighted by Gasteiger charge is 2.26. The molecule has 0 bridgehead atoms. The van der Waals surface area contributed by atoms with E-state index in [1.165, 1.54) is 18.3 Å². The van der Waals surface area contributed by atoms with Gasteiger partial charge >= 0.3 is 5.97 Å². The van der Waals surface area contributed by atoms with E-state index in [-0.39, 0.29) is 17.7 Å². The zero-order valence-corrected chi connectivity index (χ0v) is 15.5. The molecule has 0 saturated heterocycles. The normalized spacial score (nSPS) is 11.7. The van der Waals surface area contributed by atoms with Gasteiger partial charge in [-0.05, 0) is 40.2 Å². The van der Waals surface area contributed by atoms with Gasteiger partial charge in [0.25, 0.3) is 5.56 Å². The Balaban J connectivity index is 2.79. The first kappa shape index (κ1) is 16.9. The molecule has 118 valence electrons. The van der Waals surface area contributed by atoms with E-state index in [1.807, 2.05) is 19.6 Å². The molecule has 2 rings (SSSR count). The molecule has 0 aromatic carbocycles. The second-order valence-corrected chi connectivity index (χ2v) is 11.8. The minimum atomic E-state index is -1.93. The van der Waals surface area contributed by atoms with Crippen LogP contribution >= 0.6 is 15.9 Å². The van der Waals surface area contributed by atoms with Crippen LogP contribution in [-0.4, -0.2) is 25.1 Å². The lowest BCUT2D eigenvalue weighted by Gasteiger charge is -2.21. The molecule has 0 unspecified atom stereocenters. The first-order valence-electron chi connectivity index (χ1n) is 6.89. The van der Waals surface area contributed by atoms with E-state index in [2.05, 4.69) is 15.9 Å². The van der Waals surface area contributed by atoms with Crippen molar-refractivity contribution in [1.29, 1.82) is 0 Å². The summed E-state index contributed by atoms with van der Waals surface area (Å²) in [5.74, 6) is -1.12. The number of rotatable bonds is 3. The van der Waals surface area contributed by atoms with Crippen molar-refractivity contribution in [2.75, 3.05) is 6.61 Å². The molecule has 22 heavy (non-hydrogen) atoms. The van der Waals surface area contributed by atoms with Crippen LogP contribution in [0.4, 0.5) is 4.39 Å². The second kappa shape index (κ2) is 5.96. The first-order chi connectivity index (χ1) is 10.2. The minimum absolute atomic E-state index is 0.105. The van der Waals surface area contributed by atoms with Crippen LogP contribution in [0, 0.1) is 5.82 Å². The second-order valence-electron chi connectivity index (χ2n) is 5.94.